The number of nitrogens with zero attached hydrogens (tertiary/aromatic N) is 2. The highest BCUT2D eigenvalue weighted by atomic mass is 127. The van der Waals surface area contributed by atoms with Crippen molar-refractivity contribution in [3.63, 3.8) is 0 Å². The molecule has 1 aromatic carbocycles. The summed E-state index contributed by atoms with van der Waals surface area (Å²) in [6.07, 6.45) is 1.27. The first-order valence-corrected chi connectivity index (χ1v) is 6.24. The van der Waals surface area contributed by atoms with E-state index in [0.29, 0.717) is 6.07 Å². The third kappa shape index (κ3) is 2.84. The monoisotopic (exact) mass is 392 g/mol. The minimum absolute atomic E-state index is 0.200. The van der Waals surface area contributed by atoms with Crippen LogP contribution in [0.5, 0.6) is 0 Å². The Balaban J connectivity index is 2.62. The van der Waals surface area contributed by atoms with E-state index in [9.17, 15) is 18.4 Å². The highest BCUT2D eigenvalue weighted by Gasteiger charge is 2.29. The van der Waals surface area contributed by atoms with Gasteiger partial charge in [-0.2, -0.15) is 5.10 Å². The van der Waals surface area contributed by atoms with Gasteiger partial charge >= 0.3 is 5.97 Å². The molecule has 1 atom stereocenters. The van der Waals surface area contributed by atoms with Gasteiger partial charge in [0.15, 0.2) is 29.0 Å². The highest BCUT2D eigenvalue weighted by molar-refractivity contribution is 14.1. The van der Waals surface area contributed by atoms with Crippen molar-refractivity contribution in [1.29, 1.82) is 0 Å². The van der Waals surface area contributed by atoms with Crippen LogP contribution in [-0.2, 0) is 7.86 Å². The molecular weight excluding hydrogens is 385 g/mol. The Morgan fingerprint density at radius 2 is 2.10 bits per heavy atom. The maximum atomic E-state index is 13.8. The Kier molecular flexibility index (Phi) is 4.42. The molecule has 0 saturated carbocycles. The van der Waals surface area contributed by atoms with Crippen molar-refractivity contribution in [1.82, 2.24) is 9.78 Å². The van der Waals surface area contributed by atoms with Crippen LogP contribution in [-0.4, -0.2) is 15.7 Å². The standard InChI is InChI=1S/C12H7F2IN2O3/c13-7-3-4-8(9(14)6-7)11(12(19)20-15)17-10(18)2-1-5-16-17/h1-6,11H. The van der Waals surface area contributed by atoms with Crippen molar-refractivity contribution in [2.24, 2.45) is 0 Å². The lowest BCUT2D eigenvalue weighted by molar-refractivity contribution is -0.134. The van der Waals surface area contributed by atoms with Gasteiger partial charge in [-0.25, -0.2) is 18.3 Å². The Hall–Kier alpha value is -1.84. The van der Waals surface area contributed by atoms with Gasteiger partial charge in [-0.05, 0) is 12.1 Å². The molecule has 0 aliphatic heterocycles. The average Bonchev–Trinajstić information content (AvgIpc) is 2.43. The number of rotatable bonds is 3. The lowest BCUT2D eigenvalue weighted by Crippen LogP contribution is -2.32. The van der Waals surface area contributed by atoms with E-state index in [1.54, 1.807) is 0 Å². The zero-order chi connectivity index (χ0) is 14.7. The number of hydrogen-bond acceptors (Lipinski definition) is 4. The molecule has 0 radical (unpaired) electrons. The fraction of sp³-hybridized carbons (Fsp3) is 0.0833. The SMILES string of the molecule is O=C(OI)C(c1ccc(F)cc1F)n1ncccc1=O. The van der Waals surface area contributed by atoms with Crippen LogP contribution in [0.25, 0.3) is 0 Å². The summed E-state index contributed by atoms with van der Waals surface area (Å²) < 4.78 is 32.1. The lowest BCUT2D eigenvalue weighted by atomic mass is 10.1. The molecule has 0 spiro atoms. The van der Waals surface area contributed by atoms with Crippen molar-refractivity contribution < 1.29 is 16.6 Å². The molecule has 2 rings (SSSR count). The van der Waals surface area contributed by atoms with Crippen molar-refractivity contribution in [3.05, 3.63) is 64.1 Å². The minimum atomic E-state index is -1.42. The summed E-state index contributed by atoms with van der Waals surface area (Å²) in [6, 6.07) is 3.82. The maximum absolute atomic E-state index is 13.8. The smallest absolute Gasteiger partial charge is 0.345 e. The zero-order valence-corrected chi connectivity index (χ0v) is 12.0. The molecule has 0 aliphatic rings. The van der Waals surface area contributed by atoms with E-state index < -0.39 is 29.2 Å². The molecule has 2 aromatic rings. The van der Waals surface area contributed by atoms with Gasteiger partial charge in [0, 0.05) is 23.9 Å². The summed E-state index contributed by atoms with van der Waals surface area (Å²) in [5, 5.41) is 3.73. The van der Waals surface area contributed by atoms with E-state index >= 15 is 0 Å². The van der Waals surface area contributed by atoms with Crippen LogP contribution < -0.4 is 5.56 Å². The molecule has 0 N–H and O–H groups in total. The van der Waals surface area contributed by atoms with Gasteiger partial charge in [0.05, 0.1) is 0 Å². The van der Waals surface area contributed by atoms with Crippen molar-refractivity contribution in [3.8, 4) is 0 Å². The average molecular weight is 392 g/mol. The number of aromatic nitrogens is 2. The molecule has 8 heteroatoms. The van der Waals surface area contributed by atoms with E-state index in [2.05, 4.69) is 8.16 Å². The van der Waals surface area contributed by atoms with Crippen LogP contribution in [0, 0.1) is 11.6 Å². The fourth-order valence-corrected chi connectivity index (χ4v) is 1.93. The molecular formula is C12H7F2IN2O3. The Bertz CT molecular complexity index is 705. The Labute approximate surface area is 125 Å². The van der Waals surface area contributed by atoms with E-state index in [4.69, 9.17) is 0 Å². The number of hydrogen-bond donors (Lipinski definition) is 0. The predicted molar refractivity (Wildman–Crippen MR) is 73.1 cm³/mol. The van der Waals surface area contributed by atoms with E-state index in [1.165, 1.54) is 41.3 Å². The Morgan fingerprint density at radius 3 is 2.70 bits per heavy atom. The summed E-state index contributed by atoms with van der Waals surface area (Å²) in [5.41, 5.74) is -0.808. The quantitative estimate of drug-likeness (QED) is 0.750. The van der Waals surface area contributed by atoms with Crippen LogP contribution >= 0.6 is 23.0 Å². The molecule has 0 bridgehead atoms. The van der Waals surface area contributed by atoms with Crippen LogP contribution in [0.2, 0.25) is 0 Å². The van der Waals surface area contributed by atoms with Crippen LogP contribution in [0.3, 0.4) is 0 Å². The van der Waals surface area contributed by atoms with Gasteiger partial charge in [0.1, 0.15) is 11.6 Å². The molecule has 1 heterocycles. The first kappa shape index (κ1) is 14.6. The minimum Gasteiger partial charge on any atom is -0.393 e. The highest BCUT2D eigenvalue weighted by Crippen LogP contribution is 2.22. The molecule has 0 aliphatic carbocycles. The Morgan fingerprint density at radius 1 is 1.35 bits per heavy atom. The summed E-state index contributed by atoms with van der Waals surface area (Å²) in [7, 11) is 0. The number of halogens is 3. The van der Waals surface area contributed by atoms with Gasteiger partial charge in [0.25, 0.3) is 5.56 Å². The van der Waals surface area contributed by atoms with E-state index in [1.807, 2.05) is 0 Å². The maximum Gasteiger partial charge on any atom is 0.345 e. The van der Waals surface area contributed by atoms with E-state index in [0.717, 1.165) is 16.8 Å². The third-order valence-electron chi connectivity index (χ3n) is 2.54. The molecule has 0 fully saturated rings. The van der Waals surface area contributed by atoms with Crippen molar-refractivity contribution in [2.45, 2.75) is 6.04 Å². The summed E-state index contributed by atoms with van der Waals surface area (Å²) in [4.78, 5) is 23.5. The zero-order valence-electron chi connectivity index (χ0n) is 9.79. The first-order valence-electron chi connectivity index (χ1n) is 5.36. The summed E-state index contributed by atoms with van der Waals surface area (Å²) in [6.45, 7) is 0. The predicted octanol–water partition coefficient (Wildman–Crippen LogP) is 2.00. The second-order valence-corrected chi connectivity index (χ2v) is 4.21. The second kappa shape index (κ2) is 6.07. The van der Waals surface area contributed by atoms with Gasteiger partial charge in [-0.1, -0.05) is 6.07 Å². The largest absolute Gasteiger partial charge is 0.393 e. The molecule has 0 amide bonds. The van der Waals surface area contributed by atoms with Crippen LogP contribution in [0.15, 0.2) is 41.3 Å². The fourth-order valence-electron chi connectivity index (χ4n) is 1.69. The van der Waals surface area contributed by atoms with Crippen LogP contribution in [0.4, 0.5) is 8.78 Å². The first-order chi connectivity index (χ1) is 9.54. The number of benzene rings is 1. The summed E-state index contributed by atoms with van der Waals surface area (Å²) in [5.74, 6) is -2.65. The summed E-state index contributed by atoms with van der Waals surface area (Å²) >= 11 is 1.32. The van der Waals surface area contributed by atoms with Gasteiger partial charge < -0.3 is 3.07 Å². The molecule has 1 unspecified atom stereocenters. The van der Waals surface area contributed by atoms with Crippen molar-refractivity contribution in [2.75, 3.05) is 0 Å². The number of carbonyl (C=O) groups excluding carboxylic acids is 1. The molecule has 104 valence electrons. The second-order valence-electron chi connectivity index (χ2n) is 3.77. The topological polar surface area (TPSA) is 61.2 Å². The normalized spacial score (nSPS) is 11.9. The number of carbonyl (C=O) groups is 1. The molecule has 5 nitrogen and oxygen atoms in total. The van der Waals surface area contributed by atoms with E-state index in [-0.39, 0.29) is 5.56 Å². The van der Waals surface area contributed by atoms with Crippen LogP contribution in [0.1, 0.15) is 11.6 Å². The lowest BCUT2D eigenvalue weighted by Gasteiger charge is -2.16. The molecule has 20 heavy (non-hydrogen) atoms. The van der Waals surface area contributed by atoms with Crippen molar-refractivity contribution >= 4 is 29.0 Å². The molecule has 1 aromatic heterocycles. The van der Waals surface area contributed by atoms with Gasteiger partial charge in [-0.15, -0.1) is 0 Å². The third-order valence-corrected chi connectivity index (χ3v) is 2.98. The molecule has 0 saturated heterocycles. The van der Waals surface area contributed by atoms with Gasteiger partial charge in [0.2, 0.25) is 0 Å². The van der Waals surface area contributed by atoms with Gasteiger partial charge in [-0.3, -0.25) is 4.79 Å².